The summed E-state index contributed by atoms with van der Waals surface area (Å²) in [6.45, 7) is -0.121. The van der Waals surface area contributed by atoms with E-state index < -0.39 is 0 Å². The molecule has 1 fully saturated rings. The average Bonchev–Trinajstić information content (AvgIpc) is 3.43. The van der Waals surface area contributed by atoms with E-state index in [-0.39, 0.29) is 12.5 Å². The molecule has 0 atom stereocenters. The molecule has 27 heavy (non-hydrogen) atoms. The Balaban J connectivity index is 1.42. The van der Waals surface area contributed by atoms with E-state index >= 15 is 0 Å². The number of methoxy groups -OCH3 is 1. The van der Waals surface area contributed by atoms with Crippen molar-refractivity contribution in [2.75, 3.05) is 19.0 Å². The fourth-order valence-electron chi connectivity index (χ4n) is 2.76. The molecule has 0 unspecified atom stereocenters. The van der Waals surface area contributed by atoms with Crippen LogP contribution in [-0.2, 0) is 4.79 Å². The minimum absolute atomic E-state index is 0.121. The van der Waals surface area contributed by atoms with Crippen LogP contribution < -0.4 is 14.8 Å². The van der Waals surface area contributed by atoms with Gasteiger partial charge < -0.3 is 14.8 Å². The van der Waals surface area contributed by atoms with Crippen LogP contribution >= 0.6 is 0 Å². The Morgan fingerprint density at radius 1 is 1.19 bits per heavy atom. The summed E-state index contributed by atoms with van der Waals surface area (Å²) >= 11 is 0. The summed E-state index contributed by atoms with van der Waals surface area (Å²) in [4.78, 5) is 12.2. The molecular weight excluding hydrogens is 346 g/mol. The fourth-order valence-corrected chi connectivity index (χ4v) is 2.76. The second kappa shape index (κ2) is 7.45. The van der Waals surface area contributed by atoms with Gasteiger partial charge in [-0.3, -0.25) is 4.79 Å². The first-order valence-corrected chi connectivity index (χ1v) is 8.68. The summed E-state index contributed by atoms with van der Waals surface area (Å²) in [6.07, 6.45) is 2.18. The largest absolute Gasteiger partial charge is 0.493 e. The number of anilines is 1. The van der Waals surface area contributed by atoms with Crippen molar-refractivity contribution in [3.8, 4) is 22.9 Å². The molecule has 1 amide bonds. The first-order valence-electron chi connectivity index (χ1n) is 8.68. The molecular formula is C19H19N5O3. The summed E-state index contributed by atoms with van der Waals surface area (Å²) in [5, 5.41) is 14.8. The van der Waals surface area contributed by atoms with Gasteiger partial charge >= 0.3 is 0 Å². The Bertz CT molecular complexity index is 952. The number of aromatic nitrogens is 4. The normalized spacial score (nSPS) is 13.2. The van der Waals surface area contributed by atoms with Gasteiger partial charge in [0.05, 0.1) is 13.2 Å². The van der Waals surface area contributed by atoms with E-state index in [0.29, 0.717) is 29.1 Å². The van der Waals surface area contributed by atoms with Gasteiger partial charge in [-0.05, 0) is 47.5 Å². The first-order chi connectivity index (χ1) is 13.2. The van der Waals surface area contributed by atoms with E-state index in [9.17, 15) is 4.79 Å². The SMILES string of the molecule is COc1ccccc1OCC(=O)Nc1cccc(-c2nnnn2C2CC2)c1. The topological polar surface area (TPSA) is 91.2 Å². The molecule has 2 aromatic carbocycles. The Morgan fingerprint density at radius 3 is 2.78 bits per heavy atom. The van der Waals surface area contributed by atoms with Crippen molar-refractivity contribution in [3.63, 3.8) is 0 Å². The van der Waals surface area contributed by atoms with Crippen LogP contribution in [0.2, 0.25) is 0 Å². The predicted molar refractivity (Wildman–Crippen MR) is 98.6 cm³/mol. The van der Waals surface area contributed by atoms with Gasteiger partial charge in [0, 0.05) is 11.3 Å². The van der Waals surface area contributed by atoms with Crippen LogP contribution in [0.5, 0.6) is 11.5 Å². The van der Waals surface area contributed by atoms with Crippen LogP contribution in [0.3, 0.4) is 0 Å². The van der Waals surface area contributed by atoms with Gasteiger partial charge in [0.1, 0.15) is 0 Å². The molecule has 1 aliphatic rings. The van der Waals surface area contributed by atoms with Crippen molar-refractivity contribution in [1.29, 1.82) is 0 Å². The standard InChI is InChI=1S/C19H19N5O3/c1-26-16-7-2-3-8-17(16)27-12-18(25)20-14-6-4-5-13(11-14)19-21-22-23-24(19)15-9-10-15/h2-8,11,15H,9-10,12H2,1H3,(H,20,25). The number of tetrazole rings is 1. The molecule has 4 rings (SSSR count). The summed E-state index contributed by atoms with van der Waals surface area (Å²) < 4.78 is 12.6. The number of para-hydroxylation sites is 2. The zero-order valence-corrected chi connectivity index (χ0v) is 14.8. The summed E-state index contributed by atoms with van der Waals surface area (Å²) in [6, 6.07) is 15.0. The average molecular weight is 365 g/mol. The van der Waals surface area contributed by atoms with E-state index in [2.05, 4.69) is 20.8 Å². The van der Waals surface area contributed by atoms with E-state index in [1.54, 1.807) is 19.2 Å². The lowest BCUT2D eigenvalue weighted by Gasteiger charge is -2.11. The van der Waals surface area contributed by atoms with E-state index in [1.807, 2.05) is 41.1 Å². The summed E-state index contributed by atoms with van der Waals surface area (Å²) in [5.41, 5.74) is 1.52. The number of ether oxygens (including phenoxy) is 2. The first kappa shape index (κ1) is 17.0. The molecule has 138 valence electrons. The Labute approximate surface area is 156 Å². The molecule has 0 aliphatic heterocycles. The molecule has 1 saturated carbocycles. The zero-order chi connectivity index (χ0) is 18.6. The Morgan fingerprint density at radius 2 is 2.00 bits per heavy atom. The van der Waals surface area contributed by atoms with E-state index in [0.717, 1.165) is 18.4 Å². The number of carbonyl (C=O) groups excluding carboxylic acids is 1. The van der Waals surface area contributed by atoms with Crippen molar-refractivity contribution < 1.29 is 14.3 Å². The van der Waals surface area contributed by atoms with Gasteiger partial charge in [-0.25, -0.2) is 4.68 Å². The lowest BCUT2D eigenvalue weighted by Crippen LogP contribution is -2.20. The summed E-state index contributed by atoms with van der Waals surface area (Å²) in [7, 11) is 1.56. The van der Waals surface area contributed by atoms with Crippen LogP contribution in [0.25, 0.3) is 11.4 Å². The third-order valence-electron chi connectivity index (χ3n) is 4.22. The Kier molecular flexibility index (Phi) is 4.69. The minimum atomic E-state index is -0.264. The maximum absolute atomic E-state index is 12.2. The second-order valence-corrected chi connectivity index (χ2v) is 6.25. The highest BCUT2D eigenvalue weighted by atomic mass is 16.5. The maximum Gasteiger partial charge on any atom is 0.262 e. The van der Waals surface area contributed by atoms with Crippen molar-refractivity contribution in [3.05, 3.63) is 48.5 Å². The molecule has 1 N–H and O–H groups in total. The number of hydrogen-bond donors (Lipinski definition) is 1. The van der Waals surface area contributed by atoms with Gasteiger partial charge in [-0.1, -0.05) is 24.3 Å². The monoisotopic (exact) mass is 365 g/mol. The quantitative estimate of drug-likeness (QED) is 0.692. The van der Waals surface area contributed by atoms with Gasteiger partial charge in [0.25, 0.3) is 5.91 Å². The van der Waals surface area contributed by atoms with Gasteiger partial charge in [0.15, 0.2) is 23.9 Å². The molecule has 8 nitrogen and oxygen atoms in total. The van der Waals surface area contributed by atoms with Crippen LogP contribution in [0.1, 0.15) is 18.9 Å². The third-order valence-corrected chi connectivity index (χ3v) is 4.22. The number of rotatable bonds is 7. The van der Waals surface area contributed by atoms with Crippen molar-refractivity contribution in [2.45, 2.75) is 18.9 Å². The number of nitrogens with one attached hydrogen (secondary N) is 1. The van der Waals surface area contributed by atoms with Gasteiger partial charge in [-0.15, -0.1) is 5.10 Å². The van der Waals surface area contributed by atoms with Crippen molar-refractivity contribution >= 4 is 11.6 Å². The Hall–Kier alpha value is -3.42. The highest BCUT2D eigenvalue weighted by molar-refractivity contribution is 5.92. The number of amides is 1. The highest BCUT2D eigenvalue weighted by Gasteiger charge is 2.28. The van der Waals surface area contributed by atoms with E-state index in [1.165, 1.54) is 0 Å². The summed E-state index contributed by atoms with van der Waals surface area (Å²) in [5.74, 6) is 1.55. The number of carbonyl (C=O) groups is 1. The minimum Gasteiger partial charge on any atom is -0.493 e. The molecule has 1 aromatic heterocycles. The lowest BCUT2D eigenvalue weighted by molar-refractivity contribution is -0.118. The molecule has 0 radical (unpaired) electrons. The zero-order valence-electron chi connectivity index (χ0n) is 14.8. The van der Waals surface area contributed by atoms with Crippen LogP contribution in [0.4, 0.5) is 5.69 Å². The molecule has 8 heteroatoms. The molecule has 1 aliphatic carbocycles. The van der Waals surface area contributed by atoms with Gasteiger partial charge in [-0.2, -0.15) is 0 Å². The number of benzene rings is 2. The van der Waals surface area contributed by atoms with Crippen molar-refractivity contribution in [2.24, 2.45) is 0 Å². The van der Waals surface area contributed by atoms with E-state index in [4.69, 9.17) is 9.47 Å². The number of hydrogen-bond acceptors (Lipinski definition) is 6. The third kappa shape index (κ3) is 3.89. The molecule has 0 bridgehead atoms. The van der Waals surface area contributed by atoms with Gasteiger partial charge in [0.2, 0.25) is 0 Å². The smallest absolute Gasteiger partial charge is 0.262 e. The van der Waals surface area contributed by atoms with Crippen LogP contribution in [-0.4, -0.2) is 39.8 Å². The highest BCUT2D eigenvalue weighted by Crippen LogP contribution is 2.36. The van der Waals surface area contributed by atoms with Crippen LogP contribution in [0, 0.1) is 0 Å². The molecule has 3 aromatic rings. The predicted octanol–water partition coefficient (Wildman–Crippen LogP) is 2.70. The second-order valence-electron chi connectivity index (χ2n) is 6.25. The molecule has 0 saturated heterocycles. The lowest BCUT2D eigenvalue weighted by atomic mass is 10.2. The molecule has 0 spiro atoms. The van der Waals surface area contributed by atoms with Crippen LogP contribution in [0.15, 0.2) is 48.5 Å². The molecule has 1 heterocycles. The number of nitrogens with zero attached hydrogens (tertiary/aromatic N) is 4. The fraction of sp³-hybridized carbons (Fsp3) is 0.263. The maximum atomic E-state index is 12.2. The van der Waals surface area contributed by atoms with Crippen molar-refractivity contribution in [1.82, 2.24) is 20.2 Å².